The van der Waals surface area contributed by atoms with Crippen molar-refractivity contribution >= 4 is 23.4 Å². The average molecular weight is 313 g/mol. The lowest BCUT2D eigenvalue weighted by atomic mass is 9.81. The Morgan fingerprint density at radius 1 is 1.29 bits per heavy atom. The summed E-state index contributed by atoms with van der Waals surface area (Å²) >= 11 is 6.33. The number of nitrogens with one attached hydrogen (secondary N) is 1. The molecule has 0 bridgehead atoms. The predicted octanol–water partition coefficient (Wildman–Crippen LogP) is 4.31. The third-order valence-electron chi connectivity index (χ3n) is 3.11. The Morgan fingerprint density at radius 3 is 2.38 bits per heavy atom. The SMILES string of the molecule is CC(C)(C)OC(=O)Nc1ccc(C(C)(C)CCN)c(Cl)c1. The van der Waals surface area contributed by atoms with E-state index in [0.717, 1.165) is 12.0 Å². The highest BCUT2D eigenvalue weighted by atomic mass is 35.5. The van der Waals surface area contributed by atoms with E-state index in [0.29, 0.717) is 17.3 Å². The van der Waals surface area contributed by atoms with Gasteiger partial charge in [-0.15, -0.1) is 0 Å². The van der Waals surface area contributed by atoms with E-state index >= 15 is 0 Å². The summed E-state index contributed by atoms with van der Waals surface area (Å²) in [6, 6.07) is 5.48. The van der Waals surface area contributed by atoms with Gasteiger partial charge in [-0.25, -0.2) is 4.79 Å². The van der Waals surface area contributed by atoms with Crippen LogP contribution in [0.3, 0.4) is 0 Å². The number of benzene rings is 1. The highest BCUT2D eigenvalue weighted by molar-refractivity contribution is 6.31. The number of carbonyl (C=O) groups is 1. The summed E-state index contributed by atoms with van der Waals surface area (Å²) in [6.07, 6.45) is 0.346. The van der Waals surface area contributed by atoms with E-state index in [4.69, 9.17) is 22.1 Å². The Kier molecular flexibility index (Phi) is 5.65. The van der Waals surface area contributed by atoms with Crippen molar-refractivity contribution in [2.45, 2.75) is 52.1 Å². The van der Waals surface area contributed by atoms with Crippen molar-refractivity contribution in [3.63, 3.8) is 0 Å². The molecule has 0 heterocycles. The number of amides is 1. The molecule has 3 N–H and O–H groups in total. The van der Waals surface area contributed by atoms with Gasteiger partial charge in [-0.05, 0) is 56.8 Å². The molecule has 0 spiro atoms. The minimum atomic E-state index is -0.531. The molecule has 0 fully saturated rings. The Bertz CT molecular complexity index is 507. The predicted molar refractivity (Wildman–Crippen MR) is 88.0 cm³/mol. The van der Waals surface area contributed by atoms with Crippen molar-refractivity contribution in [1.82, 2.24) is 0 Å². The summed E-state index contributed by atoms with van der Waals surface area (Å²) < 4.78 is 5.21. The fourth-order valence-corrected chi connectivity index (χ4v) is 2.50. The lowest BCUT2D eigenvalue weighted by molar-refractivity contribution is 0.0636. The zero-order valence-corrected chi connectivity index (χ0v) is 14.2. The molecule has 0 saturated carbocycles. The molecule has 0 unspecified atom stereocenters. The lowest BCUT2D eigenvalue weighted by Crippen LogP contribution is -2.27. The van der Waals surface area contributed by atoms with Crippen LogP contribution in [0.4, 0.5) is 10.5 Å². The number of ether oxygens (including phenoxy) is 1. The van der Waals surface area contributed by atoms with E-state index in [1.54, 1.807) is 6.07 Å². The Hall–Kier alpha value is -1.26. The summed E-state index contributed by atoms with van der Waals surface area (Å²) in [6.45, 7) is 10.2. The molecule has 1 aromatic rings. The maximum Gasteiger partial charge on any atom is 0.412 e. The number of hydrogen-bond donors (Lipinski definition) is 2. The second-order valence-corrected chi connectivity index (χ2v) is 7.15. The number of anilines is 1. The number of rotatable bonds is 4. The largest absolute Gasteiger partial charge is 0.444 e. The van der Waals surface area contributed by atoms with Gasteiger partial charge in [-0.2, -0.15) is 0 Å². The van der Waals surface area contributed by atoms with Crippen molar-refractivity contribution in [1.29, 1.82) is 0 Å². The second-order valence-electron chi connectivity index (χ2n) is 6.74. The van der Waals surface area contributed by atoms with Crippen LogP contribution in [0, 0.1) is 0 Å². The van der Waals surface area contributed by atoms with Crippen molar-refractivity contribution in [2.24, 2.45) is 5.73 Å². The maximum absolute atomic E-state index is 11.7. The Morgan fingerprint density at radius 2 is 1.90 bits per heavy atom. The highest BCUT2D eigenvalue weighted by Gasteiger charge is 2.23. The molecule has 0 radical (unpaired) electrons. The normalized spacial score (nSPS) is 12.1. The zero-order valence-electron chi connectivity index (χ0n) is 13.4. The summed E-state index contributed by atoms with van der Waals surface area (Å²) in [5.41, 5.74) is 6.64. The van der Waals surface area contributed by atoms with Crippen LogP contribution in [0.1, 0.15) is 46.6 Å². The molecule has 0 aliphatic rings. The quantitative estimate of drug-likeness (QED) is 0.870. The summed E-state index contributed by atoms with van der Waals surface area (Å²) in [5.74, 6) is 0. The fraction of sp³-hybridized carbons (Fsp3) is 0.562. The van der Waals surface area contributed by atoms with Gasteiger partial charge < -0.3 is 10.5 Å². The maximum atomic E-state index is 11.7. The third-order valence-corrected chi connectivity index (χ3v) is 3.43. The van der Waals surface area contributed by atoms with Crippen LogP contribution in [-0.2, 0) is 10.2 Å². The fourth-order valence-electron chi connectivity index (χ4n) is 2.06. The Balaban J connectivity index is 2.86. The summed E-state index contributed by atoms with van der Waals surface area (Å²) in [7, 11) is 0. The summed E-state index contributed by atoms with van der Waals surface area (Å²) in [4.78, 5) is 11.7. The first-order valence-corrected chi connectivity index (χ1v) is 7.43. The molecular formula is C16H25ClN2O2. The van der Waals surface area contributed by atoms with Gasteiger partial charge in [0, 0.05) is 10.7 Å². The first-order chi connectivity index (χ1) is 9.55. The molecule has 1 aromatic carbocycles. The molecular weight excluding hydrogens is 288 g/mol. The van der Waals surface area contributed by atoms with Crippen LogP contribution in [0.25, 0.3) is 0 Å². The van der Waals surface area contributed by atoms with Gasteiger partial charge in [0.25, 0.3) is 0 Å². The topological polar surface area (TPSA) is 64.3 Å². The van der Waals surface area contributed by atoms with Gasteiger partial charge in [0.2, 0.25) is 0 Å². The molecule has 5 heteroatoms. The molecule has 0 aromatic heterocycles. The minimum absolute atomic E-state index is 0.101. The first kappa shape index (κ1) is 17.8. The molecule has 0 atom stereocenters. The van der Waals surface area contributed by atoms with E-state index in [-0.39, 0.29) is 5.41 Å². The standard InChI is InChI=1S/C16H25ClN2O2/c1-15(2,3)21-14(20)19-11-6-7-12(13(17)10-11)16(4,5)8-9-18/h6-7,10H,8-9,18H2,1-5H3,(H,19,20). The van der Waals surface area contributed by atoms with Gasteiger partial charge in [0.1, 0.15) is 5.60 Å². The van der Waals surface area contributed by atoms with Gasteiger partial charge >= 0.3 is 6.09 Å². The Labute approximate surface area is 132 Å². The average Bonchev–Trinajstić information content (AvgIpc) is 2.25. The van der Waals surface area contributed by atoms with Crippen molar-refractivity contribution in [3.05, 3.63) is 28.8 Å². The van der Waals surface area contributed by atoms with E-state index in [9.17, 15) is 4.79 Å². The van der Waals surface area contributed by atoms with E-state index < -0.39 is 11.7 Å². The molecule has 1 rings (SSSR count). The van der Waals surface area contributed by atoms with E-state index in [2.05, 4.69) is 19.2 Å². The number of halogens is 1. The summed E-state index contributed by atoms with van der Waals surface area (Å²) in [5, 5.41) is 3.29. The molecule has 118 valence electrons. The number of carbonyl (C=O) groups excluding carboxylic acids is 1. The van der Waals surface area contributed by atoms with Crippen LogP contribution >= 0.6 is 11.6 Å². The molecule has 0 saturated heterocycles. The molecule has 1 amide bonds. The van der Waals surface area contributed by atoms with Crippen LogP contribution in [0.15, 0.2) is 18.2 Å². The second kappa shape index (κ2) is 6.67. The molecule has 0 aliphatic carbocycles. The van der Waals surface area contributed by atoms with Crippen molar-refractivity contribution in [2.75, 3.05) is 11.9 Å². The lowest BCUT2D eigenvalue weighted by Gasteiger charge is -2.26. The van der Waals surface area contributed by atoms with E-state index in [1.165, 1.54) is 0 Å². The monoisotopic (exact) mass is 312 g/mol. The van der Waals surface area contributed by atoms with Gasteiger partial charge in [-0.1, -0.05) is 31.5 Å². The van der Waals surface area contributed by atoms with Crippen LogP contribution < -0.4 is 11.1 Å². The van der Waals surface area contributed by atoms with Gasteiger partial charge in [0.05, 0.1) is 0 Å². The molecule has 21 heavy (non-hydrogen) atoms. The van der Waals surface area contributed by atoms with Crippen LogP contribution in [0.5, 0.6) is 0 Å². The van der Waals surface area contributed by atoms with Crippen LogP contribution in [0.2, 0.25) is 5.02 Å². The number of hydrogen-bond acceptors (Lipinski definition) is 3. The van der Waals surface area contributed by atoms with E-state index in [1.807, 2.05) is 32.9 Å². The van der Waals surface area contributed by atoms with Gasteiger partial charge in [0.15, 0.2) is 0 Å². The third kappa shape index (κ3) is 5.56. The minimum Gasteiger partial charge on any atom is -0.444 e. The van der Waals surface area contributed by atoms with Crippen LogP contribution in [-0.4, -0.2) is 18.2 Å². The highest BCUT2D eigenvalue weighted by Crippen LogP contribution is 2.34. The smallest absolute Gasteiger partial charge is 0.412 e. The zero-order chi connectivity index (χ0) is 16.3. The van der Waals surface area contributed by atoms with Gasteiger partial charge in [-0.3, -0.25) is 5.32 Å². The molecule has 4 nitrogen and oxygen atoms in total. The molecule has 0 aliphatic heterocycles. The van der Waals surface area contributed by atoms with Crippen molar-refractivity contribution in [3.8, 4) is 0 Å². The number of nitrogens with two attached hydrogens (primary N) is 1. The van der Waals surface area contributed by atoms with Crippen molar-refractivity contribution < 1.29 is 9.53 Å². The first-order valence-electron chi connectivity index (χ1n) is 7.05.